The van der Waals surface area contributed by atoms with Crippen molar-refractivity contribution in [1.82, 2.24) is 4.98 Å². The quantitative estimate of drug-likeness (QED) is 0.701. The number of anilines is 1. The molecule has 2 rings (SSSR count). The molecule has 0 unspecified atom stereocenters. The van der Waals surface area contributed by atoms with Crippen molar-refractivity contribution in [2.75, 3.05) is 17.7 Å². The van der Waals surface area contributed by atoms with Crippen molar-refractivity contribution in [1.29, 1.82) is 0 Å². The fourth-order valence-electron chi connectivity index (χ4n) is 1.80. The molecule has 0 aliphatic rings. The third kappa shape index (κ3) is 6.51. The van der Waals surface area contributed by atoms with E-state index in [1.54, 1.807) is 12.3 Å². The molecule has 1 aromatic heterocycles. The molecule has 0 radical (unpaired) electrons. The van der Waals surface area contributed by atoms with Gasteiger partial charge >= 0.3 is 5.97 Å². The van der Waals surface area contributed by atoms with E-state index in [4.69, 9.17) is 16.3 Å². The van der Waals surface area contributed by atoms with Crippen molar-refractivity contribution in [3.63, 3.8) is 0 Å². The van der Waals surface area contributed by atoms with Crippen molar-refractivity contribution >= 4 is 51.7 Å². The van der Waals surface area contributed by atoms with Gasteiger partial charge in [-0.05, 0) is 24.6 Å². The highest BCUT2D eigenvalue weighted by atomic mass is 35.5. The molecule has 1 heterocycles. The molecule has 128 valence electrons. The van der Waals surface area contributed by atoms with Crippen LogP contribution in [0.4, 0.5) is 5.13 Å². The van der Waals surface area contributed by atoms with Gasteiger partial charge in [-0.15, -0.1) is 23.1 Å². The fraction of sp³-hybridized carbons (Fsp3) is 0.312. The number of hydrogen-bond acceptors (Lipinski definition) is 6. The highest BCUT2D eigenvalue weighted by Crippen LogP contribution is 2.18. The summed E-state index contributed by atoms with van der Waals surface area (Å²) < 4.78 is 4.87. The summed E-state index contributed by atoms with van der Waals surface area (Å²) in [7, 11) is 0. The molecule has 1 N–H and O–H groups in total. The number of amides is 1. The predicted octanol–water partition coefficient (Wildman–Crippen LogP) is 3.77. The SMILES string of the molecule is CCOC(=O)Cc1csc(NC(=O)CSCc2ccc(Cl)cc2)n1. The van der Waals surface area contributed by atoms with Gasteiger partial charge in [0.1, 0.15) is 0 Å². The first-order chi connectivity index (χ1) is 11.6. The van der Waals surface area contributed by atoms with Gasteiger partial charge in [0.05, 0.1) is 24.5 Å². The Morgan fingerprint density at radius 1 is 1.33 bits per heavy atom. The van der Waals surface area contributed by atoms with Crippen LogP contribution in [0.2, 0.25) is 5.02 Å². The van der Waals surface area contributed by atoms with Crippen LogP contribution < -0.4 is 5.32 Å². The molecule has 1 amide bonds. The van der Waals surface area contributed by atoms with E-state index in [0.29, 0.717) is 28.2 Å². The normalized spacial score (nSPS) is 10.4. The van der Waals surface area contributed by atoms with E-state index < -0.39 is 0 Å². The molecule has 8 heteroatoms. The standard InChI is InChI=1S/C16H17ClN2O3S2/c1-2-22-15(21)7-13-9-24-16(18-13)19-14(20)10-23-8-11-3-5-12(17)6-4-11/h3-6,9H,2,7-8,10H2,1H3,(H,18,19,20). The minimum Gasteiger partial charge on any atom is -0.466 e. The Labute approximate surface area is 153 Å². The Kier molecular flexibility index (Phi) is 7.55. The molecule has 0 fully saturated rings. The lowest BCUT2D eigenvalue weighted by molar-refractivity contribution is -0.142. The van der Waals surface area contributed by atoms with Crippen LogP contribution in [-0.4, -0.2) is 29.2 Å². The summed E-state index contributed by atoms with van der Waals surface area (Å²) in [4.78, 5) is 27.5. The highest BCUT2D eigenvalue weighted by Gasteiger charge is 2.10. The number of halogens is 1. The van der Waals surface area contributed by atoms with Crippen LogP contribution in [0, 0.1) is 0 Å². The Morgan fingerprint density at radius 2 is 2.08 bits per heavy atom. The van der Waals surface area contributed by atoms with Crippen molar-refractivity contribution in [2.24, 2.45) is 0 Å². The minimum absolute atomic E-state index is 0.117. The first-order valence-electron chi connectivity index (χ1n) is 7.29. The largest absolute Gasteiger partial charge is 0.466 e. The molecule has 0 saturated heterocycles. The molecule has 0 spiro atoms. The number of carbonyl (C=O) groups is 2. The van der Waals surface area contributed by atoms with Gasteiger partial charge in [0.2, 0.25) is 5.91 Å². The molecule has 0 atom stereocenters. The first kappa shape index (κ1) is 18.8. The van der Waals surface area contributed by atoms with E-state index >= 15 is 0 Å². The summed E-state index contributed by atoms with van der Waals surface area (Å²) in [6, 6.07) is 7.54. The fourth-order valence-corrected chi connectivity index (χ4v) is 3.44. The second-order valence-corrected chi connectivity index (χ2v) is 7.07. The van der Waals surface area contributed by atoms with Gasteiger partial charge in [0.25, 0.3) is 0 Å². The number of esters is 1. The van der Waals surface area contributed by atoms with Gasteiger partial charge in [-0.25, -0.2) is 4.98 Å². The summed E-state index contributed by atoms with van der Waals surface area (Å²) in [5, 5.41) is 5.67. The van der Waals surface area contributed by atoms with Crippen LogP contribution in [-0.2, 0) is 26.5 Å². The maximum atomic E-state index is 11.9. The molecule has 0 aliphatic carbocycles. The zero-order chi connectivity index (χ0) is 17.4. The van der Waals surface area contributed by atoms with Crippen LogP contribution in [0.5, 0.6) is 0 Å². The monoisotopic (exact) mass is 384 g/mol. The molecule has 2 aromatic rings. The second-order valence-electron chi connectivity index (χ2n) is 4.79. The van der Waals surface area contributed by atoms with Crippen LogP contribution in [0.1, 0.15) is 18.2 Å². The number of nitrogens with one attached hydrogen (secondary N) is 1. The maximum absolute atomic E-state index is 11.9. The Balaban J connectivity index is 1.73. The highest BCUT2D eigenvalue weighted by molar-refractivity contribution is 7.99. The summed E-state index contributed by atoms with van der Waals surface area (Å²) in [5.41, 5.74) is 1.71. The predicted molar refractivity (Wildman–Crippen MR) is 98.7 cm³/mol. The number of benzene rings is 1. The summed E-state index contributed by atoms with van der Waals surface area (Å²) in [6.45, 7) is 2.10. The average Bonchev–Trinajstić information content (AvgIpc) is 2.96. The zero-order valence-corrected chi connectivity index (χ0v) is 15.5. The van der Waals surface area contributed by atoms with Crippen molar-refractivity contribution < 1.29 is 14.3 Å². The molecule has 0 bridgehead atoms. The van der Waals surface area contributed by atoms with Crippen LogP contribution in [0.15, 0.2) is 29.6 Å². The van der Waals surface area contributed by atoms with Crippen LogP contribution >= 0.6 is 34.7 Å². The zero-order valence-electron chi connectivity index (χ0n) is 13.1. The first-order valence-corrected chi connectivity index (χ1v) is 9.70. The lowest BCUT2D eigenvalue weighted by Crippen LogP contribution is -2.14. The van der Waals surface area contributed by atoms with Gasteiger partial charge in [-0.2, -0.15) is 0 Å². The molecular weight excluding hydrogens is 368 g/mol. The molecule has 0 saturated carbocycles. The topological polar surface area (TPSA) is 68.3 Å². The Hall–Kier alpha value is -1.57. The van der Waals surface area contributed by atoms with E-state index in [1.807, 2.05) is 24.3 Å². The van der Waals surface area contributed by atoms with Gasteiger partial charge in [0, 0.05) is 16.2 Å². The van der Waals surface area contributed by atoms with E-state index in [-0.39, 0.29) is 18.3 Å². The van der Waals surface area contributed by atoms with Gasteiger partial charge in [-0.3, -0.25) is 9.59 Å². The molecular formula is C16H17ClN2O3S2. The van der Waals surface area contributed by atoms with Gasteiger partial charge in [-0.1, -0.05) is 23.7 Å². The number of nitrogens with zero attached hydrogens (tertiary/aromatic N) is 1. The Bertz CT molecular complexity index is 689. The van der Waals surface area contributed by atoms with Crippen LogP contribution in [0.3, 0.4) is 0 Å². The number of carbonyl (C=O) groups excluding carboxylic acids is 2. The minimum atomic E-state index is -0.320. The number of ether oxygens (including phenoxy) is 1. The third-order valence-corrected chi connectivity index (χ3v) is 4.91. The van der Waals surface area contributed by atoms with E-state index in [1.165, 1.54) is 23.1 Å². The maximum Gasteiger partial charge on any atom is 0.311 e. The van der Waals surface area contributed by atoms with Crippen molar-refractivity contribution in [3.8, 4) is 0 Å². The van der Waals surface area contributed by atoms with E-state index in [9.17, 15) is 9.59 Å². The third-order valence-electron chi connectivity index (χ3n) is 2.84. The molecule has 1 aromatic carbocycles. The smallest absolute Gasteiger partial charge is 0.311 e. The number of hydrogen-bond donors (Lipinski definition) is 1. The molecule has 0 aliphatic heterocycles. The lowest BCUT2D eigenvalue weighted by Gasteiger charge is -2.03. The van der Waals surface area contributed by atoms with E-state index in [0.717, 1.165) is 11.3 Å². The van der Waals surface area contributed by atoms with Crippen molar-refractivity contribution in [2.45, 2.75) is 19.1 Å². The summed E-state index contributed by atoms with van der Waals surface area (Å²) in [6.07, 6.45) is 0.117. The number of thioether (sulfide) groups is 1. The van der Waals surface area contributed by atoms with Gasteiger partial charge < -0.3 is 10.1 Å². The van der Waals surface area contributed by atoms with Crippen LogP contribution in [0.25, 0.3) is 0 Å². The average molecular weight is 385 g/mol. The second kappa shape index (κ2) is 9.66. The van der Waals surface area contributed by atoms with E-state index in [2.05, 4.69) is 10.3 Å². The lowest BCUT2D eigenvalue weighted by atomic mass is 10.2. The van der Waals surface area contributed by atoms with Crippen molar-refractivity contribution in [3.05, 3.63) is 45.9 Å². The molecule has 24 heavy (non-hydrogen) atoms. The summed E-state index contributed by atoms with van der Waals surface area (Å²) in [5.74, 6) is 0.622. The molecule has 5 nitrogen and oxygen atoms in total. The van der Waals surface area contributed by atoms with Gasteiger partial charge in [0.15, 0.2) is 5.13 Å². The number of aromatic nitrogens is 1. The summed E-state index contributed by atoms with van der Waals surface area (Å²) >= 11 is 8.64. The number of thiazole rings is 1. The number of rotatable bonds is 8. The Morgan fingerprint density at radius 3 is 2.79 bits per heavy atom.